The molecule has 0 spiro atoms. The monoisotopic (exact) mass is 389 g/mol. The van der Waals surface area contributed by atoms with Crippen molar-refractivity contribution in [2.75, 3.05) is 33.0 Å². The quantitative estimate of drug-likeness (QED) is 0.706. The van der Waals surface area contributed by atoms with E-state index in [1.165, 1.54) is 0 Å². The van der Waals surface area contributed by atoms with E-state index in [0.29, 0.717) is 43.8 Å². The molecule has 2 aromatic rings. The minimum Gasteiger partial charge on any atom is -0.486 e. The summed E-state index contributed by atoms with van der Waals surface area (Å²) in [6, 6.07) is 5.37. The van der Waals surface area contributed by atoms with Gasteiger partial charge in [0.1, 0.15) is 44.2 Å². The summed E-state index contributed by atoms with van der Waals surface area (Å²) < 4.78 is 30.2. The number of amides is 1. The van der Waals surface area contributed by atoms with E-state index in [1.807, 2.05) is 18.2 Å². The van der Waals surface area contributed by atoms with E-state index in [0.717, 1.165) is 5.56 Å². The van der Waals surface area contributed by atoms with Crippen molar-refractivity contribution < 1.29 is 28.5 Å². The smallest absolute Gasteiger partial charge is 0.243 e. The molecule has 4 heterocycles. The maximum absolute atomic E-state index is 11.0. The summed E-state index contributed by atoms with van der Waals surface area (Å²) in [5.41, 5.74) is 5.95. The fourth-order valence-electron chi connectivity index (χ4n) is 3.78. The minimum absolute atomic E-state index is 0.168. The number of hydrogen-bond acceptors (Lipinski definition) is 9. The number of nitrogens with two attached hydrogens (primary N) is 1. The van der Waals surface area contributed by atoms with Gasteiger partial charge in [0.05, 0.1) is 13.2 Å². The molecule has 2 saturated heterocycles. The van der Waals surface area contributed by atoms with Gasteiger partial charge in [-0.15, -0.1) is 5.10 Å². The number of benzene rings is 1. The second-order valence-electron chi connectivity index (χ2n) is 6.78. The van der Waals surface area contributed by atoms with Crippen molar-refractivity contribution in [3.63, 3.8) is 0 Å². The Labute approximate surface area is 159 Å². The molecule has 1 aromatic heterocycles. The van der Waals surface area contributed by atoms with E-state index in [2.05, 4.69) is 15.5 Å². The van der Waals surface area contributed by atoms with E-state index in [-0.39, 0.29) is 31.0 Å². The number of hydrogen-bond donors (Lipinski definition) is 1. The van der Waals surface area contributed by atoms with Crippen molar-refractivity contribution in [2.24, 2.45) is 5.73 Å². The van der Waals surface area contributed by atoms with Gasteiger partial charge in [-0.2, -0.15) is 0 Å². The number of rotatable bonds is 5. The van der Waals surface area contributed by atoms with Gasteiger partial charge in [-0.3, -0.25) is 4.79 Å². The Hall–Kier alpha value is -2.76. The van der Waals surface area contributed by atoms with Gasteiger partial charge in [0.2, 0.25) is 5.91 Å². The maximum atomic E-state index is 11.0. The van der Waals surface area contributed by atoms with E-state index >= 15 is 0 Å². The molecule has 1 aromatic carbocycles. The Morgan fingerprint density at radius 3 is 2.86 bits per heavy atom. The third-order valence-corrected chi connectivity index (χ3v) is 5.03. The zero-order valence-electron chi connectivity index (χ0n) is 14.9. The van der Waals surface area contributed by atoms with Gasteiger partial charge in [0.15, 0.2) is 17.3 Å². The van der Waals surface area contributed by atoms with Crippen LogP contribution in [0.15, 0.2) is 18.2 Å². The molecule has 11 heteroatoms. The normalized spacial score (nSPS) is 28.3. The Morgan fingerprint density at radius 2 is 2.00 bits per heavy atom. The third-order valence-electron chi connectivity index (χ3n) is 5.03. The molecule has 2 fully saturated rings. The number of fused-ring (bicyclic) bond motifs is 2. The summed E-state index contributed by atoms with van der Waals surface area (Å²) in [7, 11) is 0. The number of aromatic nitrogens is 4. The Balaban J connectivity index is 1.38. The van der Waals surface area contributed by atoms with Crippen molar-refractivity contribution in [1.82, 2.24) is 20.2 Å². The van der Waals surface area contributed by atoms with Crippen LogP contribution in [0.25, 0.3) is 11.4 Å². The minimum atomic E-state index is -0.528. The van der Waals surface area contributed by atoms with Crippen LogP contribution in [0.5, 0.6) is 11.5 Å². The number of tetrazole rings is 1. The van der Waals surface area contributed by atoms with Gasteiger partial charge in [-0.1, -0.05) is 0 Å². The summed E-state index contributed by atoms with van der Waals surface area (Å²) in [5.74, 6) is 1.42. The molecule has 5 rings (SSSR count). The van der Waals surface area contributed by atoms with Crippen molar-refractivity contribution in [1.29, 1.82) is 0 Å². The summed E-state index contributed by atoms with van der Waals surface area (Å²) in [5, 5.41) is 12.2. The Kier molecular flexibility index (Phi) is 4.34. The molecule has 3 aliphatic heterocycles. The molecule has 1 amide bonds. The van der Waals surface area contributed by atoms with E-state index < -0.39 is 5.91 Å². The standard InChI is InChI=1S/C17H19N5O6/c18-14(23)8-26-13-7-28-15-10(6-27-16(13)15)22-17(19-20-21-22)9-1-2-11-12(5-9)25-4-3-24-11/h1-2,5,10,13,15-16H,3-4,6-8H2,(H2,18,23)/t10-,13+,15+,16+/m0/s1. The molecule has 0 saturated carbocycles. The molecule has 0 aliphatic carbocycles. The van der Waals surface area contributed by atoms with Crippen LogP contribution in [0.1, 0.15) is 6.04 Å². The first-order chi connectivity index (χ1) is 13.7. The van der Waals surface area contributed by atoms with Crippen LogP contribution in [0.3, 0.4) is 0 Å². The second-order valence-corrected chi connectivity index (χ2v) is 6.78. The van der Waals surface area contributed by atoms with Gasteiger partial charge in [-0.05, 0) is 28.6 Å². The fraction of sp³-hybridized carbons (Fsp3) is 0.529. The van der Waals surface area contributed by atoms with Gasteiger partial charge in [-0.25, -0.2) is 4.68 Å². The van der Waals surface area contributed by atoms with Crippen LogP contribution >= 0.6 is 0 Å². The molecule has 4 atom stereocenters. The predicted molar refractivity (Wildman–Crippen MR) is 91.7 cm³/mol. The molecule has 0 unspecified atom stereocenters. The van der Waals surface area contributed by atoms with Crippen LogP contribution < -0.4 is 15.2 Å². The number of carbonyl (C=O) groups is 1. The molecule has 28 heavy (non-hydrogen) atoms. The van der Waals surface area contributed by atoms with Gasteiger partial charge >= 0.3 is 0 Å². The SMILES string of the molecule is NC(=O)CO[C@@H]1CO[C@H]2[C@@H]1OC[C@@H]2n1nnnc1-c1ccc2c(c1)OCCO2. The average Bonchev–Trinajstić information content (AvgIpc) is 3.42. The summed E-state index contributed by atoms with van der Waals surface area (Å²) in [6.07, 6.45) is -0.935. The molecule has 148 valence electrons. The van der Waals surface area contributed by atoms with Crippen LogP contribution in [0, 0.1) is 0 Å². The maximum Gasteiger partial charge on any atom is 0.243 e. The first-order valence-electron chi connectivity index (χ1n) is 9.02. The van der Waals surface area contributed by atoms with Crippen LogP contribution in [0.2, 0.25) is 0 Å². The summed E-state index contributed by atoms with van der Waals surface area (Å²) in [4.78, 5) is 11.0. The molecular formula is C17H19N5O6. The fourth-order valence-corrected chi connectivity index (χ4v) is 3.78. The second kappa shape index (κ2) is 7.00. The molecule has 0 bridgehead atoms. The number of nitrogens with zero attached hydrogens (tertiary/aromatic N) is 4. The predicted octanol–water partition coefficient (Wildman–Crippen LogP) is -0.679. The Bertz CT molecular complexity index is 889. The zero-order valence-corrected chi connectivity index (χ0v) is 14.9. The summed E-state index contributed by atoms with van der Waals surface area (Å²) in [6.45, 7) is 1.55. The highest BCUT2D eigenvalue weighted by molar-refractivity contribution is 5.75. The van der Waals surface area contributed by atoms with E-state index in [4.69, 9.17) is 29.4 Å². The van der Waals surface area contributed by atoms with Crippen molar-refractivity contribution >= 4 is 5.91 Å². The number of carbonyl (C=O) groups excluding carboxylic acids is 1. The van der Waals surface area contributed by atoms with Crippen molar-refractivity contribution in [3.05, 3.63) is 18.2 Å². The average molecular weight is 389 g/mol. The first-order valence-corrected chi connectivity index (χ1v) is 9.02. The molecule has 0 radical (unpaired) electrons. The highest BCUT2D eigenvalue weighted by Gasteiger charge is 2.50. The number of primary amides is 1. The van der Waals surface area contributed by atoms with Gasteiger partial charge < -0.3 is 29.4 Å². The molecule has 2 N–H and O–H groups in total. The Morgan fingerprint density at radius 1 is 1.18 bits per heavy atom. The van der Waals surface area contributed by atoms with Crippen molar-refractivity contribution in [3.8, 4) is 22.9 Å². The zero-order chi connectivity index (χ0) is 19.1. The van der Waals surface area contributed by atoms with Crippen LogP contribution in [0.4, 0.5) is 0 Å². The highest BCUT2D eigenvalue weighted by Crippen LogP contribution is 2.38. The topological polar surface area (TPSA) is 133 Å². The van der Waals surface area contributed by atoms with E-state index in [1.54, 1.807) is 4.68 Å². The molecule has 11 nitrogen and oxygen atoms in total. The summed E-state index contributed by atoms with van der Waals surface area (Å²) >= 11 is 0. The first kappa shape index (κ1) is 17.3. The van der Waals surface area contributed by atoms with Crippen molar-refractivity contribution in [2.45, 2.75) is 24.4 Å². The lowest BCUT2D eigenvalue weighted by molar-refractivity contribution is -0.126. The van der Waals surface area contributed by atoms with Crippen LogP contribution in [-0.4, -0.2) is 77.5 Å². The molecule has 3 aliphatic rings. The third kappa shape index (κ3) is 2.97. The lowest BCUT2D eigenvalue weighted by Gasteiger charge is -2.20. The highest BCUT2D eigenvalue weighted by atomic mass is 16.6. The van der Waals surface area contributed by atoms with Gasteiger partial charge in [0.25, 0.3) is 0 Å². The van der Waals surface area contributed by atoms with E-state index in [9.17, 15) is 4.79 Å². The van der Waals surface area contributed by atoms with Crippen LogP contribution in [-0.2, 0) is 19.0 Å². The largest absolute Gasteiger partial charge is 0.486 e. The lowest BCUT2D eigenvalue weighted by Crippen LogP contribution is -2.34. The number of ether oxygens (including phenoxy) is 5. The lowest BCUT2D eigenvalue weighted by atomic mass is 10.1. The van der Waals surface area contributed by atoms with Gasteiger partial charge in [0, 0.05) is 5.56 Å². The molecular weight excluding hydrogens is 370 g/mol.